The van der Waals surface area contributed by atoms with E-state index in [1.807, 2.05) is 24.3 Å². The van der Waals surface area contributed by atoms with Gasteiger partial charge in [-0.05, 0) is 46.5 Å². The average molecular weight is 326 g/mol. The van der Waals surface area contributed by atoms with Gasteiger partial charge in [0.05, 0.1) is 19.3 Å². The third-order valence-electron chi connectivity index (χ3n) is 3.15. The summed E-state index contributed by atoms with van der Waals surface area (Å²) in [4.78, 5) is 0. The number of aliphatic hydroxyl groups excluding tert-OH is 1. The molecule has 2 rings (SSSR count). The Hall–Kier alpha value is -0.910. The van der Waals surface area contributed by atoms with E-state index in [9.17, 15) is 5.11 Å². The van der Waals surface area contributed by atoms with Crippen molar-refractivity contribution in [2.24, 2.45) is 0 Å². The van der Waals surface area contributed by atoms with Crippen LogP contribution in [0.15, 0.2) is 35.0 Å². The van der Waals surface area contributed by atoms with Crippen LogP contribution in [0, 0.1) is 6.92 Å². The maximum atomic E-state index is 9.86. The minimum absolute atomic E-state index is 0.318. The highest BCUT2D eigenvalue weighted by Gasteiger charge is 2.05. The summed E-state index contributed by atoms with van der Waals surface area (Å²) < 4.78 is 5.50. The van der Waals surface area contributed by atoms with Crippen molar-refractivity contribution in [1.29, 1.82) is 0 Å². The van der Waals surface area contributed by atoms with E-state index < -0.39 is 6.10 Å². The molecule has 0 radical (unpaired) electrons. The number of hydrogen-bond acceptors (Lipinski definition) is 4. The fourth-order valence-corrected chi connectivity index (χ4v) is 2.88. The van der Waals surface area contributed by atoms with Crippen LogP contribution >= 0.6 is 22.9 Å². The van der Waals surface area contributed by atoms with Crippen LogP contribution in [-0.2, 0) is 17.9 Å². The molecule has 0 amide bonds. The number of rotatable bonds is 8. The van der Waals surface area contributed by atoms with Gasteiger partial charge < -0.3 is 15.2 Å². The van der Waals surface area contributed by atoms with Crippen molar-refractivity contribution < 1.29 is 9.84 Å². The molecular weight excluding hydrogens is 306 g/mol. The van der Waals surface area contributed by atoms with E-state index in [1.54, 1.807) is 11.3 Å². The molecule has 0 aliphatic heterocycles. The van der Waals surface area contributed by atoms with Gasteiger partial charge >= 0.3 is 0 Å². The molecule has 5 heteroatoms. The Kier molecular flexibility index (Phi) is 6.67. The van der Waals surface area contributed by atoms with Crippen LogP contribution < -0.4 is 5.32 Å². The largest absolute Gasteiger partial charge is 0.389 e. The van der Waals surface area contributed by atoms with E-state index in [0.29, 0.717) is 24.8 Å². The quantitative estimate of drug-likeness (QED) is 0.782. The van der Waals surface area contributed by atoms with Crippen molar-refractivity contribution in [1.82, 2.24) is 5.32 Å². The molecule has 0 saturated carbocycles. The van der Waals surface area contributed by atoms with Gasteiger partial charge in [0.25, 0.3) is 0 Å². The van der Waals surface area contributed by atoms with E-state index in [-0.39, 0.29) is 0 Å². The topological polar surface area (TPSA) is 41.5 Å². The van der Waals surface area contributed by atoms with E-state index in [0.717, 1.165) is 12.1 Å². The second-order valence-corrected chi connectivity index (χ2v) is 6.19. The Morgan fingerprint density at radius 2 is 2.05 bits per heavy atom. The van der Waals surface area contributed by atoms with Crippen LogP contribution in [-0.4, -0.2) is 24.4 Å². The number of hydrogen-bond donors (Lipinski definition) is 2. The van der Waals surface area contributed by atoms with E-state index >= 15 is 0 Å². The van der Waals surface area contributed by atoms with E-state index in [2.05, 4.69) is 23.0 Å². The fourth-order valence-electron chi connectivity index (χ4n) is 1.89. The van der Waals surface area contributed by atoms with Crippen LogP contribution in [0.2, 0.25) is 5.02 Å². The van der Waals surface area contributed by atoms with Crippen molar-refractivity contribution in [2.75, 3.05) is 13.2 Å². The summed E-state index contributed by atoms with van der Waals surface area (Å²) in [5.74, 6) is 0. The predicted molar refractivity (Wildman–Crippen MR) is 87.9 cm³/mol. The molecule has 0 bridgehead atoms. The molecular formula is C16H20ClNO2S. The SMILES string of the molecule is Cc1cscc1CNCC(O)COCc1ccc(Cl)cc1. The van der Waals surface area contributed by atoms with Gasteiger partial charge in [-0.25, -0.2) is 0 Å². The monoisotopic (exact) mass is 325 g/mol. The van der Waals surface area contributed by atoms with Crippen molar-refractivity contribution in [3.8, 4) is 0 Å². The highest BCUT2D eigenvalue weighted by atomic mass is 35.5. The van der Waals surface area contributed by atoms with Crippen LogP contribution in [0.5, 0.6) is 0 Å². The Balaban J connectivity index is 1.60. The van der Waals surface area contributed by atoms with Crippen molar-refractivity contribution in [2.45, 2.75) is 26.2 Å². The molecule has 0 fully saturated rings. The van der Waals surface area contributed by atoms with Gasteiger partial charge in [0, 0.05) is 18.1 Å². The summed E-state index contributed by atoms with van der Waals surface area (Å²) >= 11 is 7.52. The maximum Gasteiger partial charge on any atom is 0.0897 e. The number of benzene rings is 1. The number of halogens is 1. The van der Waals surface area contributed by atoms with Gasteiger partial charge in [-0.3, -0.25) is 0 Å². The van der Waals surface area contributed by atoms with Gasteiger partial charge in [-0.2, -0.15) is 11.3 Å². The van der Waals surface area contributed by atoms with Crippen LogP contribution in [0.25, 0.3) is 0 Å². The lowest BCUT2D eigenvalue weighted by Crippen LogP contribution is -2.30. The summed E-state index contributed by atoms with van der Waals surface area (Å²) in [5, 5.41) is 18.1. The molecule has 114 valence electrons. The molecule has 1 unspecified atom stereocenters. The molecule has 3 nitrogen and oxygen atoms in total. The standard InChI is InChI=1S/C16H20ClNO2S/c1-12-10-21-11-14(12)6-18-7-16(19)9-20-8-13-2-4-15(17)5-3-13/h2-5,10-11,16,18-19H,6-9H2,1H3. The molecule has 2 N–H and O–H groups in total. The first-order valence-corrected chi connectivity index (χ1v) is 8.20. The first-order valence-electron chi connectivity index (χ1n) is 6.88. The van der Waals surface area contributed by atoms with Crippen molar-refractivity contribution in [3.63, 3.8) is 0 Å². The van der Waals surface area contributed by atoms with Crippen LogP contribution in [0.1, 0.15) is 16.7 Å². The molecule has 0 aliphatic carbocycles. The normalized spacial score (nSPS) is 12.5. The van der Waals surface area contributed by atoms with Crippen molar-refractivity contribution >= 4 is 22.9 Å². The minimum atomic E-state index is -0.503. The number of thiophene rings is 1. The van der Waals surface area contributed by atoms with Gasteiger partial charge in [-0.1, -0.05) is 23.7 Å². The molecule has 0 aliphatic rings. The Labute approximate surface area is 134 Å². The zero-order chi connectivity index (χ0) is 15.1. The summed E-state index contributed by atoms with van der Waals surface area (Å²) in [6, 6.07) is 7.52. The highest BCUT2D eigenvalue weighted by molar-refractivity contribution is 7.08. The second-order valence-electron chi connectivity index (χ2n) is 5.01. The van der Waals surface area contributed by atoms with E-state index in [4.69, 9.17) is 16.3 Å². The Morgan fingerprint density at radius 1 is 1.29 bits per heavy atom. The van der Waals surface area contributed by atoms with Crippen molar-refractivity contribution in [3.05, 3.63) is 56.7 Å². The molecule has 21 heavy (non-hydrogen) atoms. The first-order chi connectivity index (χ1) is 10.1. The average Bonchev–Trinajstić information content (AvgIpc) is 2.87. The third kappa shape index (κ3) is 5.77. The zero-order valence-electron chi connectivity index (χ0n) is 12.0. The smallest absolute Gasteiger partial charge is 0.0897 e. The van der Waals surface area contributed by atoms with Crippen LogP contribution in [0.4, 0.5) is 0 Å². The summed E-state index contributed by atoms with van der Waals surface area (Å²) in [6.45, 7) is 4.20. The highest BCUT2D eigenvalue weighted by Crippen LogP contribution is 2.13. The lowest BCUT2D eigenvalue weighted by Gasteiger charge is -2.12. The number of ether oxygens (including phenoxy) is 1. The number of nitrogens with one attached hydrogen (secondary N) is 1. The summed E-state index contributed by atoms with van der Waals surface area (Å²) in [5.41, 5.74) is 3.63. The van der Waals surface area contributed by atoms with Gasteiger partial charge in [0.1, 0.15) is 0 Å². The van der Waals surface area contributed by atoms with Gasteiger partial charge in [0.15, 0.2) is 0 Å². The molecule has 1 aromatic heterocycles. The lowest BCUT2D eigenvalue weighted by molar-refractivity contribution is 0.0287. The Bertz CT molecular complexity index is 541. The van der Waals surface area contributed by atoms with Gasteiger partial charge in [-0.15, -0.1) is 0 Å². The maximum absolute atomic E-state index is 9.86. The lowest BCUT2D eigenvalue weighted by atomic mass is 10.2. The molecule has 0 spiro atoms. The first kappa shape index (κ1) is 16.5. The van der Waals surface area contributed by atoms with Crippen LogP contribution in [0.3, 0.4) is 0 Å². The molecule has 1 aromatic carbocycles. The number of aryl methyl sites for hydroxylation is 1. The predicted octanol–water partition coefficient (Wildman–Crippen LogP) is 3.38. The summed E-state index contributed by atoms with van der Waals surface area (Å²) in [6.07, 6.45) is -0.503. The minimum Gasteiger partial charge on any atom is -0.389 e. The van der Waals surface area contributed by atoms with E-state index in [1.165, 1.54) is 11.1 Å². The molecule has 2 aromatic rings. The molecule has 1 heterocycles. The molecule has 1 atom stereocenters. The Morgan fingerprint density at radius 3 is 2.71 bits per heavy atom. The zero-order valence-corrected chi connectivity index (χ0v) is 13.6. The van der Waals surface area contributed by atoms with Gasteiger partial charge in [0.2, 0.25) is 0 Å². The second kappa shape index (κ2) is 8.51. The summed E-state index contributed by atoms with van der Waals surface area (Å²) in [7, 11) is 0. The fraction of sp³-hybridized carbons (Fsp3) is 0.375. The third-order valence-corrected chi connectivity index (χ3v) is 4.31. The number of aliphatic hydroxyl groups is 1. The molecule has 0 saturated heterocycles.